The Morgan fingerprint density at radius 3 is 2.76 bits per heavy atom. The van der Waals surface area contributed by atoms with E-state index < -0.39 is 0 Å². The first-order valence-corrected chi connectivity index (χ1v) is 6.15. The van der Waals surface area contributed by atoms with Gasteiger partial charge in [0.25, 0.3) is 0 Å². The molecule has 0 bridgehead atoms. The fourth-order valence-electron chi connectivity index (χ4n) is 2.02. The van der Waals surface area contributed by atoms with Gasteiger partial charge in [-0.1, -0.05) is 30.3 Å². The van der Waals surface area contributed by atoms with E-state index in [2.05, 4.69) is 40.6 Å². The van der Waals surface area contributed by atoms with E-state index in [0.29, 0.717) is 0 Å². The number of rotatable bonds is 4. The van der Waals surface area contributed by atoms with E-state index >= 15 is 0 Å². The van der Waals surface area contributed by atoms with Gasteiger partial charge in [0.15, 0.2) is 0 Å². The van der Waals surface area contributed by atoms with Crippen LogP contribution in [-0.2, 0) is 6.54 Å². The van der Waals surface area contributed by atoms with Crippen molar-refractivity contribution in [2.75, 3.05) is 0 Å². The van der Waals surface area contributed by atoms with Crippen LogP contribution in [0.4, 0.5) is 0 Å². The number of aromatic nitrogens is 1. The molecule has 0 spiro atoms. The zero-order valence-electron chi connectivity index (χ0n) is 9.76. The fraction of sp³-hybridized carbons (Fsp3) is 0.267. The minimum absolute atomic E-state index is 0.747. The Labute approximate surface area is 102 Å². The maximum Gasteiger partial charge on any atom is 0.0346 e. The van der Waals surface area contributed by atoms with Crippen molar-refractivity contribution >= 4 is 0 Å². The van der Waals surface area contributed by atoms with E-state index in [1.165, 1.54) is 29.5 Å². The average Bonchev–Trinajstić information content (AvgIpc) is 3.22. The van der Waals surface area contributed by atoms with Crippen molar-refractivity contribution in [1.29, 1.82) is 0 Å². The number of hydrogen-bond acceptors (Lipinski definition) is 2. The van der Waals surface area contributed by atoms with Gasteiger partial charge in [0.05, 0.1) is 0 Å². The number of hydrogen-bond donors (Lipinski definition) is 1. The van der Waals surface area contributed by atoms with E-state index in [1.54, 1.807) is 0 Å². The zero-order chi connectivity index (χ0) is 11.5. The molecule has 3 rings (SSSR count). The second kappa shape index (κ2) is 4.68. The van der Waals surface area contributed by atoms with E-state index in [1.807, 2.05) is 18.5 Å². The molecule has 1 fully saturated rings. The number of pyridine rings is 1. The molecule has 17 heavy (non-hydrogen) atoms. The van der Waals surface area contributed by atoms with Gasteiger partial charge >= 0.3 is 0 Å². The molecule has 0 atom stereocenters. The van der Waals surface area contributed by atoms with Crippen molar-refractivity contribution in [3.05, 3.63) is 54.4 Å². The lowest BCUT2D eigenvalue weighted by Crippen LogP contribution is -2.15. The quantitative estimate of drug-likeness (QED) is 0.863. The number of nitrogens with one attached hydrogen (secondary N) is 1. The molecular formula is C15H16N2. The molecular weight excluding hydrogens is 208 g/mol. The molecule has 0 aliphatic heterocycles. The summed E-state index contributed by atoms with van der Waals surface area (Å²) in [6.07, 6.45) is 6.40. The highest BCUT2D eigenvalue weighted by molar-refractivity contribution is 5.66. The monoisotopic (exact) mass is 224 g/mol. The average molecular weight is 224 g/mol. The van der Waals surface area contributed by atoms with Gasteiger partial charge < -0.3 is 5.32 Å². The Balaban J connectivity index is 1.87. The van der Waals surface area contributed by atoms with Crippen LogP contribution in [0.25, 0.3) is 11.1 Å². The first-order valence-electron chi connectivity index (χ1n) is 6.15. The van der Waals surface area contributed by atoms with Crippen LogP contribution in [0.15, 0.2) is 48.8 Å². The Bertz CT molecular complexity index is 489. The molecule has 0 saturated heterocycles. The minimum atomic E-state index is 0.747. The molecule has 1 aromatic carbocycles. The van der Waals surface area contributed by atoms with Crippen molar-refractivity contribution < 1.29 is 0 Å². The molecule has 1 aliphatic carbocycles. The van der Waals surface area contributed by atoms with Crippen LogP contribution in [0.1, 0.15) is 18.4 Å². The molecule has 1 aromatic heterocycles. The van der Waals surface area contributed by atoms with E-state index in [0.717, 1.165) is 12.6 Å². The van der Waals surface area contributed by atoms with E-state index in [9.17, 15) is 0 Å². The van der Waals surface area contributed by atoms with Gasteiger partial charge in [-0.3, -0.25) is 4.98 Å². The van der Waals surface area contributed by atoms with Crippen LogP contribution >= 0.6 is 0 Å². The van der Waals surface area contributed by atoms with Crippen LogP contribution in [0.5, 0.6) is 0 Å². The summed E-state index contributed by atoms with van der Waals surface area (Å²) in [7, 11) is 0. The molecule has 1 N–H and O–H groups in total. The summed E-state index contributed by atoms with van der Waals surface area (Å²) < 4.78 is 0. The van der Waals surface area contributed by atoms with Gasteiger partial charge in [-0.25, -0.2) is 0 Å². The van der Waals surface area contributed by atoms with Gasteiger partial charge in [-0.05, 0) is 30.0 Å². The predicted octanol–water partition coefficient (Wildman–Crippen LogP) is 3.00. The van der Waals surface area contributed by atoms with Gasteiger partial charge in [0.1, 0.15) is 0 Å². The third-order valence-corrected chi connectivity index (χ3v) is 3.15. The van der Waals surface area contributed by atoms with E-state index in [-0.39, 0.29) is 0 Å². The van der Waals surface area contributed by atoms with Crippen molar-refractivity contribution in [2.24, 2.45) is 0 Å². The summed E-state index contributed by atoms with van der Waals surface area (Å²) in [5, 5.41) is 3.56. The lowest BCUT2D eigenvalue weighted by molar-refractivity contribution is 0.689. The molecule has 0 amide bonds. The third kappa shape index (κ3) is 2.53. The summed E-state index contributed by atoms with van der Waals surface area (Å²) >= 11 is 0. The zero-order valence-corrected chi connectivity index (χ0v) is 9.76. The van der Waals surface area contributed by atoms with E-state index in [4.69, 9.17) is 0 Å². The largest absolute Gasteiger partial charge is 0.310 e. The Morgan fingerprint density at radius 2 is 2.00 bits per heavy atom. The normalized spacial score (nSPS) is 14.8. The van der Waals surface area contributed by atoms with Gasteiger partial charge in [-0.2, -0.15) is 0 Å². The standard InChI is InChI=1S/C15H16N2/c1-2-6-15(12-5-3-9-16-10-12)13(4-1)11-17-14-7-8-14/h1-6,9-10,14,17H,7-8,11H2. The van der Waals surface area contributed by atoms with Crippen LogP contribution in [0.3, 0.4) is 0 Å². The SMILES string of the molecule is c1cncc(-c2ccccc2CNC2CC2)c1. The van der Waals surface area contributed by atoms with Crippen molar-refractivity contribution in [1.82, 2.24) is 10.3 Å². The molecule has 1 saturated carbocycles. The molecule has 1 aliphatic rings. The first kappa shape index (κ1) is 10.5. The van der Waals surface area contributed by atoms with Crippen LogP contribution in [0.2, 0.25) is 0 Å². The molecule has 86 valence electrons. The summed E-state index contributed by atoms with van der Waals surface area (Å²) in [6, 6.07) is 13.4. The Morgan fingerprint density at radius 1 is 1.12 bits per heavy atom. The van der Waals surface area contributed by atoms with Crippen molar-refractivity contribution in [3.63, 3.8) is 0 Å². The minimum Gasteiger partial charge on any atom is -0.310 e. The first-order chi connectivity index (χ1) is 8.43. The van der Waals surface area contributed by atoms with Crippen LogP contribution in [0, 0.1) is 0 Å². The maximum absolute atomic E-state index is 4.19. The van der Waals surface area contributed by atoms with Crippen LogP contribution in [-0.4, -0.2) is 11.0 Å². The lowest BCUT2D eigenvalue weighted by atomic mass is 10.0. The van der Waals surface area contributed by atoms with Crippen molar-refractivity contribution in [2.45, 2.75) is 25.4 Å². The van der Waals surface area contributed by atoms with Gasteiger partial charge in [-0.15, -0.1) is 0 Å². The fourth-order valence-corrected chi connectivity index (χ4v) is 2.02. The lowest BCUT2D eigenvalue weighted by Gasteiger charge is -2.10. The van der Waals surface area contributed by atoms with Gasteiger partial charge in [0.2, 0.25) is 0 Å². The van der Waals surface area contributed by atoms with Crippen LogP contribution < -0.4 is 5.32 Å². The highest BCUT2D eigenvalue weighted by atomic mass is 14.9. The molecule has 2 heteroatoms. The highest BCUT2D eigenvalue weighted by Crippen LogP contribution is 2.24. The predicted molar refractivity (Wildman–Crippen MR) is 69.5 cm³/mol. The summed E-state index contributed by atoms with van der Waals surface area (Å²) in [6.45, 7) is 0.954. The smallest absolute Gasteiger partial charge is 0.0346 e. The number of benzene rings is 1. The molecule has 0 radical (unpaired) electrons. The molecule has 2 aromatic rings. The maximum atomic E-state index is 4.19. The second-order valence-corrected chi connectivity index (χ2v) is 4.55. The summed E-state index contributed by atoms with van der Waals surface area (Å²) in [5.41, 5.74) is 3.84. The van der Waals surface area contributed by atoms with Gasteiger partial charge in [0, 0.05) is 30.5 Å². The molecule has 1 heterocycles. The highest BCUT2D eigenvalue weighted by Gasteiger charge is 2.20. The summed E-state index contributed by atoms with van der Waals surface area (Å²) in [5.74, 6) is 0. The van der Waals surface area contributed by atoms with Crippen molar-refractivity contribution in [3.8, 4) is 11.1 Å². The second-order valence-electron chi connectivity index (χ2n) is 4.55. The molecule has 0 unspecified atom stereocenters. The molecule has 2 nitrogen and oxygen atoms in total. The Kier molecular flexibility index (Phi) is 2.88. The number of nitrogens with zero attached hydrogens (tertiary/aromatic N) is 1. The Hall–Kier alpha value is -1.67. The topological polar surface area (TPSA) is 24.9 Å². The summed E-state index contributed by atoms with van der Waals surface area (Å²) in [4.78, 5) is 4.19. The third-order valence-electron chi connectivity index (χ3n) is 3.15.